The van der Waals surface area contributed by atoms with E-state index in [4.69, 9.17) is 0 Å². The average Bonchev–Trinajstić information content (AvgIpc) is 2.58. The van der Waals surface area contributed by atoms with Gasteiger partial charge in [0.25, 0.3) is 0 Å². The number of rotatable bonds is 1. The van der Waals surface area contributed by atoms with Gasteiger partial charge in [-0.25, -0.2) is 0 Å². The van der Waals surface area contributed by atoms with Crippen molar-refractivity contribution >= 4 is 5.70 Å². The number of pyridine rings is 1. The molecule has 0 aromatic carbocycles. The Kier molecular flexibility index (Phi) is 1.60. The summed E-state index contributed by atoms with van der Waals surface area (Å²) in [5, 5.41) is 3.27. The third-order valence-electron chi connectivity index (χ3n) is 1.72. The van der Waals surface area contributed by atoms with Gasteiger partial charge >= 0.3 is 0 Å². The largest absolute Gasteiger partial charge is 0.384 e. The zero-order valence-corrected chi connectivity index (χ0v) is 6.17. The highest BCUT2D eigenvalue weighted by Gasteiger charge is 2.04. The van der Waals surface area contributed by atoms with Crippen LogP contribution < -0.4 is 5.32 Å². The molecule has 0 unspecified atom stereocenters. The van der Waals surface area contributed by atoms with Crippen LogP contribution in [-0.4, -0.2) is 11.5 Å². The van der Waals surface area contributed by atoms with Gasteiger partial charge in [0.1, 0.15) is 0 Å². The highest BCUT2D eigenvalue weighted by molar-refractivity contribution is 5.64. The first-order valence-electron chi connectivity index (χ1n) is 3.72. The molecule has 0 aliphatic carbocycles. The molecule has 1 aromatic heterocycles. The van der Waals surface area contributed by atoms with Gasteiger partial charge in [-0.05, 0) is 12.5 Å². The van der Waals surface area contributed by atoms with Crippen LogP contribution in [0.25, 0.3) is 5.70 Å². The van der Waals surface area contributed by atoms with Gasteiger partial charge in [0.15, 0.2) is 0 Å². The van der Waals surface area contributed by atoms with Crippen LogP contribution in [0.2, 0.25) is 0 Å². The Balaban J connectivity index is 2.29. The van der Waals surface area contributed by atoms with E-state index in [0.29, 0.717) is 0 Å². The molecule has 0 saturated heterocycles. The van der Waals surface area contributed by atoms with Crippen molar-refractivity contribution in [2.45, 2.75) is 6.42 Å². The minimum Gasteiger partial charge on any atom is -0.384 e. The second-order valence-corrected chi connectivity index (χ2v) is 2.51. The molecule has 55 valence electrons. The fourth-order valence-corrected chi connectivity index (χ4v) is 1.19. The standard InChI is InChI=1S/C9H9N2/c1-3-8(7-10-5-1)9-4-2-6-11-9/h3-5,7,11H,2,6H2. The van der Waals surface area contributed by atoms with Crippen LogP contribution in [0.1, 0.15) is 12.0 Å². The summed E-state index contributed by atoms with van der Waals surface area (Å²) in [5.74, 6) is 0. The summed E-state index contributed by atoms with van der Waals surface area (Å²) >= 11 is 0. The van der Waals surface area contributed by atoms with Gasteiger partial charge in [-0.15, -0.1) is 0 Å². The number of nitrogens with one attached hydrogen (secondary N) is 1. The zero-order chi connectivity index (χ0) is 7.52. The molecule has 1 radical (unpaired) electrons. The lowest BCUT2D eigenvalue weighted by molar-refractivity contribution is 0.927. The Bertz CT molecular complexity index is 264. The first kappa shape index (κ1) is 6.40. The lowest BCUT2D eigenvalue weighted by atomic mass is 10.2. The van der Waals surface area contributed by atoms with Gasteiger partial charge < -0.3 is 5.32 Å². The van der Waals surface area contributed by atoms with Crippen molar-refractivity contribution in [3.05, 3.63) is 36.2 Å². The molecular weight excluding hydrogens is 136 g/mol. The SMILES string of the molecule is [c]1cncc(C2=CCCN2)c1. The molecular formula is C9H9N2. The Hall–Kier alpha value is -1.31. The molecule has 0 saturated carbocycles. The molecule has 0 atom stereocenters. The van der Waals surface area contributed by atoms with Crippen molar-refractivity contribution < 1.29 is 0 Å². The van der Waals surface area contributed by atoms with Gasteiger partial charge in [-0.2, -0.15) is 0 Å². The van der Waals surface area contributed by atoms with Crippen molar-refractivity contribution in [2.75, 3.05) is 6.54 Å². The van der Waals surface area contributed by atoms with E-state index >= 15 is 0 Å². The molecule has 0 bridgehead atoms. The molecule has 1 aliphatic heterocycles. The number of hydrogen-bond acceptors (Lipinski definition) is 2. The van der Waals surface area contributed by atoms with E-state index in [9.17, 15) is 0 Å². The molecule has 0 spiro atoms. The van der Waals surface area contributed by atoms with E-state index < -0.39 is 0 Å². The van der Waals surface area contributed by atoms with Crippen molar-refractivity contribution in [3.63, 3.8) is 0 Å². The fourth-order valence-electron chi connectivity index (χ4n) is 1.19. The quantitative estimate of drug-likeness (QED) is 0.642. The maximum atomic E-state index is 3.99. The average molecular weight is 145 g/mol. The predicted molar refractivity (Wildman–Crippen MR) is 43.7 cm³/mol. The molecule has 1 aliphatic rings. The third-order valence-corrected chi connectivity index (χ3v) is 1.72. The monoisotopic (exact) mass is 145 g/mol. The molecule has 2 heterocycles. The van der Waals surface area contributed by atoms with Crippen molar-refractivity contribution in [3.8, 4) is 0 Å². The first-order valence-corrected chi connectivity index (χ1v) is 3.72. The molecule has 11 heavy (non-hydrogen) atoms. The maximum absolute atomic E-state index is 3.99. The minimum absolute atomic E-state index is 1.05. The van der Waals surface area contributed by atoms with E-state index in [-0.39, 0.29) is 0 Å². The smallest absolute Gasteiger partial charge is 0.0389 e. The van der Waals surface area contributed by atoms with Crippen LogP contribution in [0.3, 0.4) is 0 Å². The highest BCUT2D eigenvalue weighted by Crippen LogP contribution is 2.13. The van der Waals surface area contributed by atoms with E-state index in [1.807, 2.05) is 12.3 Å². The number of nitrogens with zero attached hydrogens (tertiary/aromatic N) is 1. The molecule has 0 amide bonds. The summed E-state index contributed by atoms with van der Waals surface area (Å²) in [6.07, 6.45) is 6.81. The van der Waals surface area contributed by atoms with Gasteiger partial charge in [-0.1, -0.05) is 6.08 Å². The molecule has 0 fully saturated rings. The van der Waals surface area contributed by atoms with Crippen LogP contribution in [0.4, 0.5) is 0 Å². The minimum atomic E-state index is 1.05. The fraction of sp³-hybridized carbons (Fsp3) is 0.222. The van der Waals surface area contributed by atoms with Gasteiger partial charge in [0.2, 0.25) is 0 Å². The lowest BCUT2D eigenvalue weighted by Gasteiger charge is -2.01. The third kappa shape index (κ3) is 1.24. The molecule has 2 heteroatoms. The van der Waals surface area contributed by atoms with Crippen LogP contribution >= 0.6 is 0 Å². The summed E-state index contributed by atoms with van der Waals surface area (Å²) in [5.41, 5.74) is 2.32. The number of aromatic nitrogens is 1. The van der Waals surface area contributed by atoms with Crippen molar-refractivity contribution in [1.29, 1.82) is 0 Å². The maximum Gasteiger partial charge on any atom is 0.0389 e. The zero-order valence-electron chi connectivity index (χ0n) is 6.17. The molecule has 2 rings (SSSR count). The van der Waals surface area contributed by atoms with Crippen molar-refractivity contribution in [1.82, 2.24) is 10.3 Å². The lowest BCUT2D eigenvalue weighted by Crippen LogP contribution is -2.06. The van der Waals surface area contributed by atoms with E-state index in [0.717, 1.165) is 18.5 Å². The summed E-state index contributed by atoms with van der Waals surface area (Å²) in [4.78, 5) is 3.99. The van der Waals surface area contributed by atoms with Gasteiger partial charge in [-0.3, -0.25) is 4.98 Å². The summed E-state index contributed by atoms with van der Waals surface area (Å²) in [7, 11) is 0. The Labute approximate surface area is 66.0 Å². The van der Waals surface area contributed by atoms with Crippen LogP contribution in [-0.2, 0) is 0 Å². The van der Waals surface area contributed by atoms with Gasteiger partial charge in [0, 0.05) is 36.3 Å². The molecule has 1 aromatic rings. The Morgan fingerprint density at radius 3 is 3.18 bits per heavy atom. The second kappa shape index (κ2) is 2.74. The van der Waals surface area contributed by atoms with Crippen LogP contribution in [0.15, 0.2) is 24.5 Å². The van der Waals surface area contributed by atoms with E-state index in [2.05, 4.69) is 22.4 Å². The summed E-state index contributed by atoms with van der Waals surface area (Å²) < 4.78 is 0. The summed E-state index contributed by atoms with van der Waals surface area (Å²) in [6.45, 7) is 1.05. The highest BCUT2D eigenvalue weighted by atomic mass is 14.9. The Morgan fingerprint density at radius 1 is 1.55 bits per heavy atom. The van der Waals surface area contributed by atoms with E-state index in [1.165, 1.54) is 5.70 Å². The van der Waals surface area contributed by atoms with E-state index in [1.54, 1.807) is 6.20 Å². The van der Waals surface area contributed by atoms with Crippen LogP contribution in [0, 0.1) is 6.07 Å². The summed E-state index contributed by atoms with van der Waals surface area (Å²) in [6, 6.07) is 4.89. The molecule has 2 nitrogen and oxygen atoms in total. The number of hydrogen-bond donors (Lipinski definition) is 1. The first-order chi connectivity index (χ1) is 5.47. The second-order valence-electron chi connectivity index (χ2n) is 2.51. The topological polar surface area (TPSA) is 24.9 Å². The van der Waals surface area contributed by atoms with Gasteiger partial charge in [0.05, 0.1) is 0 Å². The normalized spacial score (nSPS) is 15.8. The molecule has 1 N–H and O–H groups in total. The van der Waals surface area contributed by atoms with Crippen LogP contribution in [0.5, 0.6) is 0 Å². The van der Waals surface area contributed by atoms with Crippen molar-refractivity contribution in [2.24, 2.45) is 0 Å². The predicted octanol–water partition coefficient (Wildman–Crippen LogP) is 1.22. The Morgan fingerprint density at radius 2 is 2.55 bits per heavy atom.